The summed E-state index contributed by atoms with van der Waals surface area (Å²) in [6.45, 7) is -1.15. The van der Waals surface area contributed by atoms with Gasteiger partial charge < -0.3 is 4.90 Å². The minimum absolute atomic E-state index is 0.0343. The van der Waals surface area contributed by atoms with Gasteiger partial charge in [0.25, 0.3) is 0 Å². The molecule has 8 nitrogen and oxygen atoms in total. The molecule has 1 amide bonds. The van der Waals surface area contributed by atoms with Crippen molar-refractivity contribution < 1.29 is 22.9 Å². The summed E-state index contributed by atoms with van der Waals surface area (Å²) >= 11 is 0. The van der Waals surface area contributed by atoms with Gasteiger partial charge in [0.2, 0.25) is 5.91 Å². The molecule has 1 aromatic rings. The van der Waals surface area contributed by atoms with Crippen molar-refractivity contribution in [2.24, 2.45) is 0 Å². The Hall–Kier alpha value is -2.17. The van der Waals surface area contributed by atoms with Crippen LogP contribution in [-0.2, 0) is 11.5 Å². The second kappa shape index (κ2) is 5.91. The van der Waals surface area contributed by atoms with Crippen LogP contribution in [0.15, 0.2) is 12.4 Å². The molecule has 1 aliphatic heterocycles. The van der Waals surface area contributed by atoms with Crippen molar-refractivity contribution in [3.05, 3.63) is 22.5 Å². The van der Waals surface area contributed by atoms with Crippen molar-refractivity contribution in [2.75, 3.05) is 20.1 Å². The summed E-state index contributed by atoms with van der Waals surface area (Å²) in [5.41, 5.74) is -0.190. The molecular formula is C11H14F3N5O3. The number of nitro groups is 1. The standard InChI is InChI=1S/C11H14F3N5O3/c1-16(7-18-5-8(4-15-18)19(21)22)9-2-3-17(10(9)20)6-11(12,13)14/h4-5,9H,2-3,6-7H2,1H3/t9-/m1/s1. The molecular weight excluding hydrogens is 307 g/mol. The van der Waals surface area contributed by atoms with E-state index in [-0.39, 0.29) is 25.3 Å². The van der Waals surface area contributed by atoms with Crippen LogP contribution in [0.1, 0.15) is 6.42 Å². The van der Waals surface area contributed by atoms with E-state index < -0.39 is 29.6 Å². The summed E-state index contributed by atoms with van der Waals surface area (Å²) in [5.74, 6) is -0.596. The Balaban J connectivity index is 1.96. The molecule has 0 bridgehead atoms. The quantitative estimate of drug-likeness (QED) is 0.593. The van der Waals surface area contributed by atoms with Crippen LogP contribution in [0, 0.1) is 10.1 Å². The third kappa shape index (κ3) is 3.72. The second-order valence-corrected chi connectivity index (χ2v) is 5.07. The molecule has 22 heavy (non-hydrogen) atoms. The van der Waals surface area contributed by atoms with Gasteiger partial charge in [-0.15, -0.1) is 0 Å². The fourth-order valence-electron chi connectivity index (χ4n) is 2.36. The maximum atomic E-state index is 12.3. The first-order valence-electron chi connectivity index (χ1n) is 6.40. The molecule has 0 radical (unpaired) electrons. The molecule has 0 aliphatic carbocycles. The number of likely N-dealkylation sites (tertiary alicyclic amines) is 1. The summed E-state index contributed by atoms with van der Waals surface area (Å²) in [4.78, 5) is 24.2. The van der Waals surface area contributed by atoms with Gasteiger partial charge in [0.1, 0.15) is 18.9 Å². The van der Waals surface area contributed by atoms with E-state index >= 15 is 0 Å². The number of halogens is 3. The van der Waals surface area contributed by atoms with Crippen molar-refractivity contribution >= 4 is 11.6 Å². The Morgan fingerprint density at radius 1 is 1.55 bits per heavy atom. The van der Waals surface area contributed by atoms with Crippen LogP contribution >= 0.6 is 0 Å². The SMILES string of the molecule is CN(Cn1cc([N+](=O)[O-])cn1)[C@@H]1CCN(CC(F)(F)F)C1=O. The van der Waals surface area contributed by atoms with Crippen LogP contribution in [-0.4, -0.2) is 62.8 Å². The molecule has 1 aliphatic rings. The van der Waals surface area contributed by atoms with Crippen molar-refractivity contribution in [3.63, 3.8) is 0 Å². The number of alkyl halides is 3. The van der Waals surface area contributed by atoms with Crippen molar-refractivity contribution in [3.8, 4) is 0 Å². The van der Waals surface area contributed by atoms with Crippen LogP contribution in [0.3, 0.4) is 0 Å². The van der Waals surface area contributed by atoms with E-state index in [1.165, 1.54) is 15.8 Å². The van der Waals surface area contributed by atoms with E-state index in [1.807, 2.05) is 0 Å². The summed E-state index contributed by atoms with van der Waals surface area (Å²) in [7, 11) is 1.56. The number of carbonyl (C=O) groups is 1. The number of nitrogens with zero attached hydrogens (tertiary/aromatic N) is 5. The van der Waals surface area contributed by atoms with Crippen molar-refractivity contribution in [2.45, 2.75) is 25.3 Å². The summed E-state index contributed by atoms with van der Waals surface area (Å²) in [6.07, 6.45) is -1.88. The number of carbonyl (C=O) groups excluding carboxylic acids is 1. The Morgan fingerprint density at radius 2 is 2.23 bits per heavy atom. The first-order valence-corrected chi connectivity index (χ1v) is 6.40. The summed E-state index contributed by atoms with van der Waals surface area (Å²) in [6, 6.07) is -0.689. The predicted octanol–water partition coefficient (Wildman–Crippen LogP) is 0.844. The molecule has 1 fully saturated rings. The first-order chi connectivity index (χ1) is 10.2. The molecule has 0 spiro atoms. The topological polar surface area (TPSA) is 84.5 Å². The van der Waals surface area contributed by atoms with E-state index in [4.69, 9.17) is 0 Å². The molecule has 2 heterocycles. The van der Waals surface area contributed by atoms with Gasteiger partial charge in [-0.25, -0.2) is 0 Å². The number of rotatable bonds is 5. The average molecular weight is 321 g/mol. The number of likely N-dealkylation sites (N-methyl/N-ethyl adjacent to an activating group) is 1. The average Bonchev–Trinajstić information content (AvgIpc) is 2.96. The number of aromatic nitrogens is 2. The minimum Gasteiger partial charge on any atom is -0.332 e. The molecule has 0 N–H and O–H groups in total. The molecule has 2 rings (SSSR count). The molecule has 0 aromatic carbocycles. The van der Waals surface area contributed by atoms with Crippen LogP contribution in [0.25, 0.3) is 0 Å². The molecule has 1 aromatic heterocycles. The van der Waals surface area contributed by atoms with Crippen LogP contribution in [0.5, 0.6) is 0 Å². The van der Waals surface area contributed by atoms with Gasteiger partial charge in [0.15, 0.2) is 0 Å². The van der Waals surface area contributed by atoms with Gasteiger partial charge >= 0.3 is 11.9 Å². The largest absolute Gasteiger partial charge is 0.406 e. The maximum Gasteiger partial charge on any atom is 0.406 e. The van der Waals surface area contributed by atoms with Gasteiger partial charge in [0, 0.05) is 6.54 Å². The Morgan fingerprint density at radius 3 is 2.77 bits per heavy atom. The van der Waals surface area contributed by atoms with Crippen LogP contribution < -0.4 is 0 Å². The molecule has 0 unspecified atom stereocenters. The first kappa shape index (κ1) is 16.2. The number of hydrogen-bond donors (Lipinski definition) is 0. The maximum absolute atomic E-state index is 12.3. The molecule has 0 saturated carbocycles. The highest BCUT2D eigenvalue weighted by molar-refractivity contribution is 5.83. The van der Waals surface area contributed by atoms with E-state index in [1.54, 1.807) is 7.05 Å². The van der Waals surface area contributed by atoms with Gasteiger partial charge in [-0.1, -0.05) is 0 Å². The summed E-state index contributed by atoms with van der Waals surface area (Å²) < 4.78 is 38.3. The zero-order valence-corrected chi connectivity index (χ0v) is 11.7. The highest BCUT2D eigenvalue weighted by Crippen LogP contribution is 2.23. The normalized spacial score (nSPS) is 19.2. The lowest BCUT2D eigenvalue weighted by Crippen LogP contribution is -2.43. The Bertz CT molecular complexity index is 574. The fraction of sp³-hybridized carbons (Fsp3) is 0.636. The van der Waals surface area contributed by atoms with E-state index in [2.05, 4.69) is 5.10 Å². The highest BCUT2D eigenvalue weighted by Gasteiger charge is 2.40. The van der Waals surface area contributed by atoms with Crippen molar-refractivity contribution in [1.82, 2.24) is 19.6 Å². The van der Waals surface area contributed by atoms with Crippen LogP contribution in [0.2, 0.25) is 0 Å². The fourth-order valence-corrected chi connectivity index (χ4v) is 2.36. The highest BCUT2D eigenvalue weighted by atomic mass is 19.4. The lowest BCUT2D eigenvalue weighted by molar-refractivity contribution is -0.385. The number of amides is 1. The zero-order valence-electron chi connectivity index (χ0n) is 11.7. The monoisotopic (exact) mass is 321 g/mol. The van der Waals surface area contributed by atoms with Crippen molar-refractivity contribution in [1.29, 1.82) is 0 Å². The smallest absolute Gasteiger partial charge is 0.332 e. The number of hydrogen-bond acceptors (Lipinski definition) is 5. The second-order valence-electron chi connectivity index (χ2n) is 5.07. The van der Waals surface area contributed by atoms with E-state index in [9.17, 15) is 28.1 Å². The van der Waals surface area contributed by atoms with Gasteiger partial charge in [0.05, 0.1) is 17.6 Å². The summed E-state index contributed by atoms with van der Waals surface area (Å²) in [5, 5.41) is 14.3. The molecule has 1 saturated heterocycles. The van der Waals surface area contributed by atoms with E-state index in [0.717, 1.165) is 11.1 Å². The van der Waals surface area contributed by atoms with Crippen LogP contribution in [0.4, 0.5) is 18.9 Å². The molecule has 11 heteroatoms. The third-order valence-corrected chi connectivity index (χ3v) is 3.37. The molecule has 1 atom stereocenters. The molecule has 122 valence electrons. The van der Waals surface area contributed by atoms with Gasteiger partial charge in [-0.05, 0) is 13.5 Å². The van der Waals surface area contributed by atoms with E-state index in [0.29, 0.717) is 0 Å². The Kier molecular flexibility index (Phi) is 4.35. The van der Waals surface area contributed by atoms with Gasteiger partial charge in [-0.3, -0.25) is 24.5 Å². The lowest BCUT2D eigenvalue weighted by Gasteiger charge is -2.23. The van der Waals surface area contributed by atoms with Gasteiger partial charge in [-0.2, -0.15) is 18.3 Å². The lowest BCUT2D eigenvalue weighted by atomic mass is 10.2. The predicted molar refractivity (Wildman–Crippen MR) is 67.7 cm³/mol. The minimum atomic E-state index is -4.42. The third-order valence-electron chi connectivity index (χ3n) is 3.37. The zero-order chi connectivity index (χ0) is 16.5. The Labute approximate surface area is 123 Å².